The fourth-order valence-electron chi connectivity index (χ4n) is 2.32. The minimum absolute atomic E-state index is 0.101. The third-order valence-corrected chi connectivity index (χ3v) is 3.66. The molecule has 0 spiro atoms. The average molecular weight is 341 g/mol. The van der Waals surface area contributed by atoms with Crippen LogP contribution in [0, 0.1) is 5.82 Å². The minimum atomic E-state index is -0.417. The predicted octanol–water partition coefficient (Wildman–Crippen LogP) is 1.08. The van der Waals surface area contributed by atoms with E-state index in [0.717, 1.165) is 10.5 Å². The molecule has 0 saturated heterocycles. The number of benzene rings is 1. The van der Waals surface area contributed by atoms with E-state index >= 15 is 0 Å². The van der Waals surface area contributed by atoms with E-state index in [0.29, 0.717) is 18.7 Å². The Labute approximate surface area is 142 Å². The lowest BCUT2D eigenvalue weighted by molar-refractivity contribution is 0.0947. The van der Waals surface area contributed by atoms with Gasteiger partial charge in [0.25, 0.3) is 11.5 Å². The Morgan fingerprint density at radius 2 is 1.96 bits per heavy atom. The third kappa shape index (κ3) is 3.79. The Hall–Kier alpha value is -3.29. The van der Waals surface area contributed by atoms with E-state index in [1.807, 2.05) is 17.8 Å². The molecule has 1 amide bonds. The molecule has 0 unspecified atom stereocenters. The summed E-state index contributed by atoms with van der Waals surface area (Å²) in [6, 6.07) is 7.91. The van der Waals surface area contributed by atoms with E-state index in [1.54, 1.807) is 6.20 Å². The largest absolute Gasteiger partial charge is 0.350 e. The zero-order valence-corrected chi connectivity index (χ0v) is 13.5. The average Bonchev–Trinajstić information content (AvgIpc) is 3.01. The van der Waals surface area contributed by atoms with Crippen LogP contribution in [-0.4, -0.2) is 31.8 Å². The number of halogens is 1. The van der Waals surface area contributed by atoms with Gasteiger partial charge in [-0.15, -0.1) is 0 Å². The second kappa shape index (κ2) is 7.08. The molecule has 3 aromatic rings. The molecule has 25 heavy (non-hydrogen) atoms. The predicted molar refractivity (Wildman–Crippen MR) is 89.0 cm³/mol. The summed E-state index contributed by atoms with van der Waals surface area (Å²) in [7, 11) is 1.88. The Bertz CT molecular complexity index is 946. The minimum Gasteiger partial charge on any atom is -0.350 e. The highest BCUT2D eigenvalue weighted by atomic mass is 19.1. The first-order valence-corrected chi connectivity index (χ1v) is 7.65. The summed E-state index contributed by atoms with van der Waals surface area (Å²) in [5.74, 6) is 0.0367. The van der Waals surface area contributed by atoms with E-state index in [-0.39, 0.29) is 5.69 Å². The Balaban J connectivity index is 1.72. The molecule has 8 heteroatoms. The number of rotatable bonds is 5. The van der Waals surface area contributed by atoms with Crippen molar-refractivity contribution in [3.05, 3.63) is 76.5 Å². The molecule has 3 rings (SSSR count). The van der Waals surface area contributed by atoms with Gasteiger partial charge >= 0.3 is 0 Å². The quantitative estimate of drug-likeness (QED) is 0.753. The number of nitrogens with one attached hydrogen (secondary N) is 1. The van der Waals surface area contributed by atoms with Gasteiger partial charge in [-0.05, 0) is 30.3 Å². The molecule has 7 nitrogen and oxygen atoms in total. The number of amides is 1. The van der Waals surface area contributed by atoms with E-state index < -0.39 is 17.3 Å². The molecule has 0 aliphatic heterocycles. The molecule has 128 valence electrons. The highest BCUT2D eigenvalue weighted by Crippen LogP contribution is 2.06. The highest BCUT2D eigenvalue weighted by molar-refractivity contribution is 5.92. The molecule has 0 bridgehead atoms. The maximum absolute atomic E-state index is 13.0. The summed E-state index contributed by atoms with van der Waals surface area (Å²) >= 11 is 0. The number of hydrogen-bond acceptors (Lipinski definition) is 4. The molecule has 2 heterocycles. The van der Waals surface area contributed by atoms with Crippen LogP contribution >= 0.6 is 0 Å². The normalized spacial score (nSPS) is 10.6. The second-order valence-corrected chi connectivity index (χ2v) is 5.41. The Morgan fingerprint density at radius 3 is 2.64 bits per heavy atom. The fourth-order valence-corrected chi connectivity index (χ4v) is 2.32. The molecule has 1 N–H and O–H groups in total. The maximum Gasteiger partial charge on any atom is 0.271 e. The lowest BCUT2D eigenvalue weighted by Gasteiger charge is -2.08. The molecule has 0 atom stereocenters. The van der Waals surface area contributed by atoms with Gasteiger partial charge in [-0.1, -0.05) is 0 Å². The molecule has 0 fully saturated rings. The summed E-state index contributed by atoms with van der Waals surface area (Å²) in [6.07, 6.45) is 4.10. The van der Waals surface area contributed by atoms with Crippen molar-refractivity contribution in [3.63, 3.8) is 0 Å². The summed E-state index contributed by atoms with van der Waals surface area (Å²) in [4.78, 5) is 28.4. The van der Waals surface area contributed by atoms with Crippen LogP contribution in [0.25, 0.3) is 5.69 Å². The zero-order chi connectivity index (χ0) is 17.8. The number of hydrogen-bond donors (Lipinski definition) is 1. The van der Waals surface area contributed by atoms with E-state index in [9.17, 15) is 14.0 Å². The van der Waals surface area contributed by atoms with Crippen LogP contribution in [0.2, 0.25) is 0 Å². The molecule has 2 aromatic heterocycles. The number of nitrogens with zero attached hydrogens (tertiary/aromatic N) is 4. The highest BCUT2D eigenvalue weighted by Gasteiger charge is 2.11. The van der Waals surface area contributed by atoms with Gasteiger partial charge in [0.05, 0.1) is 5.69 Å². The zero-order valence-electron chi connectivity index (χ0n) is 13.5. The first kappa shape index (κ1) is 16.6. The number of aromatic nitrogens is 4. The lowest BCUT2D eigenvalue weighted by atomic mass is 10.3. The van der Waals surface area contributed by atoms with Gasteiger partial charge in [0.15, 0.2) is 0 Å². The van der Waals surface area contributed by atoms with Crippen LogP contribution in [0.5, 0.6) is 0 Å². The number of aryl methyl sites for hydroxylation is 1. The fraction of sp³-hybridized carbons (Fsp3) is 0.176. The molecule has 0 radical (unpaired) electrons. The van der Waals surface area contributed by atoms with Crippen LogP contribution in [0.1, 0.15) is 16.3 Å². The van der Waals surface area contributed by atoms with Crippen molar-refractivity contribution in [2.24, 2.45) is 7.05 Å². The van der Waals surface area contributed by atoms with Crippen LogP contribution in [0.3, 0.4) is 0 Å². The van der Waals surface area contributed by atoms with Gasteiger partial charge in [-0.2, -0.15) is 9.78 Å². The van der Waals surface area contributed by atoms with Crippen molar-refractivity contribution in [2.75, 3.05) is 6.54 Å². The summed E-state index contributed by atoms with van der Waals surface area (Å²) in [5.41, 5.74) is 0.0778. The summed E-state index contributed by atoms with van der Waals surface area (Å²) in [6.45, 7) is 0.390. The summed E-state index contributed by atoms with van der Waals surface area (Å²) in [5, 5.41) is 6.80. The molecule has 0 aliphatic rings. The van der Waals surface area contributed by atoms with E-state index in [4.69, 9.17) is 0 Å². The Morgan fingerprint density at radius 1 is 1.20 bits per heavy atom. The van der Waals surface area contributed by atoms with Crippen molar-refractivity contribution in [1.29, 1.82) is 0 Å². The number of carbonyl (C=O) groups excluding carboxylic acids is 1. The maximum atomic E-state index is 13.0. The first-order chi connectivity index (χ1) is 12.0. The monoisotopic (exact) mass is 341 g/mol. The number of carbonyl (C=O) groups is 1. The van der Waals surface area contributed by atoms with Gasteiger partial charge < -0.3 is 9.88 Å². The molecule has 0 saturated carbocycles. The van der Waals surface area contributed by atoms with Crippen molar-refractivity contribution in [1.82, 2.24) is 24.6 Å². The molecular weight excluding hydrogens is 325 g/mol. The SMILES string of the molecule is Cn1ccnc1CCNC(=O)c1ccc(=O)n(-c2ccc(F)cc2)n1. The van der Waals surface area contributed by atoms with Crippen LogP contribution in [-0.2, 0) is 13.5 Å². The standard InChI is InChI=1S/C17H16FN5O2/c1-22-11-10-19-15(22)8-9-20-17(25)14-6-7-16(24)23(21-14)13-4-2-12(18)3-5-13/h2-7,10-11H,8-9H2,1H3,(H,20,25). The van der Waals surface area contributed by atoms with Crippen LogP contribution in [0.15, 0.2) is 53.6 Å². The Kier molecular flexibility index (Phi) is 4.69. The van der Waals surface area contributed by atoms with Crippen molar-refractivity contribution in [2.45, 2.75) is 6.42 Å². The van der Waals surface area contributed by atoms with Crippen LogP contribution in [0.4, 0.5) is 4.39 Å². The lowest BCUT2D eigenvalue weighted by Crippen LogP contribution is -2.30. The van der Waals surface area contributed by atoms with Gasteiger partial charge in [-0.3, -0.25) is 9.59 Å². The topological polar surface area (TPSA) is 81.8 Å². The second-order valence-electron chi connectivity index (χ2n) is 5.41. The summed E-state index contributed by atoms with van der Waals surface area (Å²) < 4.78 is 16.0. The van der Waals surface area contributed by atoms with Gasteiger partial charge in [0.1, 0.15) is 17.3 Å². The number of imidazole rings is 1. The van der Waals surface area contributed by atoms with Crippen molar-refractivity contribution >= 4 is 5.91 Å². The first-order valence-electron chi connectivity index (χ1n) is 7.65. The van der Waals surface area contributed by atoms with Gasteiger partial charge in [0, 0.05) is 38.5 Å². The molecular formula is C17H16FN5O2. The molecule has 1 aromatic carbocycles. The third-order valence-electron chi connectivity index (χ3n) is 3.66. The van der Waals surface area contributed by atoms with Gasteiger partial charge in [-0.25, -0.2) is 9.37 Å². The van der Waals surface area contributed by atoms with E-state index in [2.05, 4.69) is 15.4 Å². The molecule has 0 aliphatic carbocycles. The van der Waals surface area contributed by atoms with Crippen LogP contribution < -0.4 is 10.9 Å². The smallest absolute Gasteiger partial charge is 0.271 e. The van der Waals surface area contributed by atoms with Gasteiger partial charge in [0.2, 0.25) is 0 Å². The van der Waals surface area contributed by atoms with Crippen molar-refractivity contribution in [3.8, 4) is 5.69 Å². The van der Waals surface area contributed by atoms with Crippen molar-refractivity contribution < 1.29 is 9.18 Å². The van der Waals surface area contributed by atoms with E-state index in [1.165, 1.54) is 36.4 Å².